The molecule has 0 saturated carbocycles. The van der Waals surface area contributed by atoms with Gasteiger partial charge in [-0.1, -0.05) is 0 Å². The van der Waals surface area contributed by atoms with Gasteiger partial charge in [-0.05, 0) is 32.4 Å². The first-order valence-corrected chi connectivity index (χ1v) is 10.1. The van der Waals surface area contributed by atoms with Crippen molar-refractivity contribution in [2.75, 3.05) is 12.4 Å². The molecule has 0 bridgehead atoms. The van der Waals surface area contributed by atoms with Gasteiger partial charge in [-0.3, -0.25) is 9.48 Å². The van der Waals surface area contributed by atoms with Crippen molar-refractivity contribution in [3.63, 3.8) is 0 Å². The number of amides is 1. The molecule has 2 heterocycles. The number of aromatic nitrogens is 2. The Labute approximate surface area is 161 Å². The fourth-order valence-electron chi connectivity index (χ4n) is 3.16. The van der Waals surface area contributed by atoms with E-state index in [-0.39, 0.29) is 12.1 Å². The van der Waals surface area contributed by atoms with Crippen molar-refractivity contribution < 1.29 is 22.0 Å². The highest BCUT2D eigenvalue weighted by Gasteiger charge is 2.41. The van der Waals surface area contributed by atoms with Crippen LogP contribution in [-0.4, -0.2) is 41.5 Å². The summed E-state index contributed by atoms with van der Waals surface area (Å²) in [5, 5.41) is 6.65. The van der Waals surface area contributed by atoms with Crippen LogP contribution in [0.1, 0.15) is 30.6 Å². The molecule has 1 aromatic heterocycles. The van der Waals surface area contributed by atoms with E-state index in [1.807, 2.05) is 6.92 Å². The fraction of sp³-hybridized carbons (Fsp3) is 0.412. The van der Waals surface area contributed by atoms with Gasteiger partial charge in [-0.2, -0.15) is 22.5 Å². The summed E-state index contributed by atoms with van der Waals surface area (Å²) < 4.78 is 57.1. The van der Waals surface area contributed by atoms with E-state index in [1.54, 1.807) is 17.8 Å². The number of halogens is 2. The molecule has 2 N–H and O–H groups in total. The molecule has 1 amide bonds. The van der Waals surface area contributed by atoms with Crippen molar-refractivity contribution in [1.82, 2.24) is 18.8 Å². The second kappa shape index (κ2) is 7.57. The van der Waals surface area contributed by atoms with Gasteiger partial charge < -0.3 is 5.32 Å². The molecule has 28 heavy (non-hydrogen) atoms. The highest BCUT2D eigenvalue weighted by Crippen LogP contribution is 2.30. The van der Waals surface area contributed by atoms with Gasteiger partial charge in [-0.25, -0.2) is 8.78 Å². The number of rotatable bonds is 4. The molecule has 11 heteroatoms. The molecule has 3 rings (SSSR count). The van der Waals surface area contributed by atoms with Crippen LogP contribution in [0.15, 0.2) is 24.4 Å². The Morgan fingerprint density at radius 1 is 1.39 bits per heavy atom. The Morgan fingerprint density at radius 3 is 2.71 bits per heavy atom. The van der Waals surface area contributed by atoms with Crippen molar-refractivity contribution in [3.05, 3.63) is 47.3 Å². The van der Waals surface area contributed by atoms with E-state index in [2.05, 4.69) is 15.1 Å². The summed E-state index contributed by atoms with van der Waals surface area (Å²) in [7, 11) is -2.67. The maximum atomic E-state index is 13.9. The van der Waals surface area contributed by atoms with Gasteiger partial charge in [0, 0.05) is 31.4 Å². The van der Waals surface area contributed by atoms with Gasteiger partial charge in [-0.15, -0.1) is 0 Å². The van der Waals surface area contributed by atoms with Crippen LogP contribution in [0, 0.1) is 18.6 Å². The Morgan fingerprint density at radius 2 is 2.11 bits per heavy atom. The van der Waals surface area contributed by atoms with Gasteiger partial charge in [0.25, 0.3) is 10.2 Å². The van der Waals surface area contributed by atoms with E-state index in [0.717, 1.165) is 16.4 Å². The molecule has 8 nitrogen and oxygen atoms in total. The Hall–Kier alpha value is -2.37. The van der Waals surface area contributed by atoms with E-state index in [1.165, 1.54) is 7.05 Å². The van der Waals surface area contributed by atoms with Crippen LogP contribution >= 0.6 is 0 Å². The number of carbonyl (C=O) groups is 1. The summed E-state index contributed by atoms with van der Waals surface area (Å²) in [5.74, 6) is -2.42. The van der Waals surface area contributed by atoms with Crippen molar-refractivity contribution in [3.8, 4) is 0 Å². The van der Waals surface area contributed by atoms with Gasteiger partial charge >= 0.3 is 0 Å². The molecule has 152 valence electrons. The molecule has 0 radical (unpaired) electrons. The third kappa shape index (κ3) is 3.91. The smallest absolute Gasteiger partial charge is 0.280 e. The highest BCUT2D eigenvalue weighted by atomic mass is 32.2. The maximum absolute atomic E-state index is 13.9. The van der Waals surface area contributed by atoms with Crippen LogP contribution in [-0.2, 0) is 21.5 Å². The third-order valence-corrected chi connectivity index (χ3v) is 6.34. The van der Waals surface area contributed by atoms with Crippen molar-refractivity contribution >= 4 is 21.8 Å². The number of anilines is 1. The number of hydrogen-bond donors (Lipinski definition) is 2. The summed E-state index contributed by atoms with van der Waals surface area (Å²) in [6.07, 6.45) is 1.86. The quantitative estimate of drug-likeness (QED) is 0.798. The molecule has 2 atom stereocenters. The van der Waals surface area contributed by atoms with Gasteiger partial charge in [0.15, 0.2) is 0 Å². The maximum Gasteiger partial charge on any atom is 0.280 e. The lowest BCUT2D eigenvalue weighted by Gasteiger charge is -2.36. The molecule has 1 aromatic carbocycles. The number of aryl methyl sites for hydroxylation is 2. The van der Waals surface area contributed by atoms with Gasteiger partial charge in [0.05, 0.1) is 17.4 Å². The minimum Gasteiger partial charge on any atom is -0.322 e. The van der Waals surface area contributed by atoms with Crippen LogP contribution in [0.2, 0.25) is 0 Å². The Balaban J connectivity index is 1.88. The van der Waals surface area contributed by atoms with Crippen LogP contribution in [0.4, 0.5) is 14.5 Å². The summed E-state index contributed by atoms with van der Waals surface area (Å²) in [6, 6.07) is 1.00. The number of nitrogens with zero attached hydrogens (tertiary/aromatic N) is 3. The standard InChI is InChI=1S/C17H21F2N5O3S/c1-4-24-9-12(10(2)21-24)15-8-16(23(3)28(26,27)22-15)17(25)20-14-6-5-11(18)7-13(14)19/h5-7,9,15-16,22H,4,8H2,1-3H3,(H,20,25)/t15-,16+/m0/s1. The second-order valence-electron chi connectivity index (χ2n) is 6.58. The minimum absolute atomic E-state index is 0.126. The molecule has 0 aliphatic carbocycles. The number of hydrogen-bond acceptors (Lipinski definition) is 4. The average molecular weight is 413 g/mol. The normalized spacial score (nSPS) is 22.2. The van der Waals surface area contributed by atoms with E-state index in [9.17, 15) is 22.0 Å². The molecule has 1 saturated heterocycles. The Kier molecular flexibility index (Phi) is 5.50. The largest absolute Gasteiger partial charge is 0.322 e. The van der Waals surface area contributed by atoms with Crippen LogP contribution < -0.4 is 10.0 Å². The van der Waals surface area contributed by atoms with E-state index in [0.29, 0.717) is 23.9 Å². The lowest BCUT2D eigenvalue weighted by molar-refractivity contribution is -0.120. The predicted molar refractivity (Wildman–Crippen MR) is 98.6 cm³/mol. The summed E-state index contributed by atoms with van der Waals surface area (Å²) in [4.78, 5) is 12.7. The van der Waals surface area contributed by atoms with Crippen LogP contribution in [0.5, 0.6) is 0 Å². The molecule has 1 fully saturated rings. The average Bonchev–Trinajstić information content (AvgIpc) is 3.00. The molecular weight excluding hydrogens is 392 g/mol. The molecule has 2 aromatic rings. The number of benzene rings is 1. The first-order chi connectivity index (χ1) is 13.1. The minimum atomic E-state index is -3.94. The van der Waals surface area contributed by atoms with Gasteiger partial charge in [0.2, 0.25) is 5.91 Å². The van der Waals surface area contributed by atoms with Crippen molar-refractivity contribution in [1.29, 1.82) is 0 Å². The monoisotopic (exact) mass is 413 g/mol. The number of carbonyl (C=O) groups excluding carboxylic acids is 1. The first kappa shape index (κ1) is 20.4. The number of nitrogens with one attached hydrogen (secondary N) is 2. The highest BCUT2D eigenvalue weighted by molar-refractivity contribution is 7.87. The van der Waals surface area contributed by atoms with Crippen molar-refractivity contribution in [2.45, 2.75) is 38.9 Å². The topological polar surface area (TPSA) is 96.3 Å². The van der Waals surface area contributed by atoms with Crippen LogP contribution in [0.3, 0.4) is 0 Å². The zero-order valence-electron chi connectivity index (χ0n) is 15.6. The van der Waals surface area contributed by atoms with Gasteiger partial charge in [0.1, 0.15) is 17.7 Å². The zero-order valence-corrected chi connectivity index (χ0v) is 16.4. The SMILES string of the molecule is CCn1cc([C@@H]2C[C@H](C(=O)Nc3ccc(F)cc3F)N(C)S(=O)(=O)N2)c(C)n1. The first-order valence-electron chi connectivity index (χ1n) is 8.67. The lowest BCUT2D eigenvalue weighted by atomic mass is 10.00. The van der Waals surface area contributed by atoms with E-state index < -0.39 is 39.8 Å². The fourth-order valence-corrected chi connectivity index (χ4v) is 4.42. The zero-order chi connectivity index (χ0) is 20.6. The van der Waals surface area contributed by atoms with Crippen LogP contribution in [0.25, 0.3) is 0 Å². The molecular formula is C17H21F2N5O3S. The third-order valence-electron chi connectivity index (χ3n) is 4.74. The molecule has 0 spiro atoms. The second-order valence-corrected chi connectivity index (χ2v) is 8.34. The molecule has 1 aliphatic heterocycles. The lowest BCUT2D eigenvalue weighted by Crippen LogP contribution is -2.56. The summed E-state index contributed by atoms with van der Waals surface area (Å²) in [5.41, 5.74) is 1.11. The van der Waals surface area contributed by atoms with E-state index in [4.69, 9.17) is 0 Å². The van der Waals surface area contributed by atoms with E-state index >= 15 is 0 Å². The molecule has 0 unspecified atom stereocenters. The van der Waals surface area contributed by atoms with Crippen molar-refractivity contribution in [2.24, 2.45) is 0 Å². The summed E-state index contributed by atoms with van der Waals surface area (Å²) in [6.45, 7) is 4.29. The molecule has 1 aliphatic rings. The number of likely N-dealkylation sites (N-methyl/N-ethyl adjacent to an activating group) is 1. The Bertz CT molecular complexity index is 1010. The predicted octanol–water partition coefficient (Wildman–Crippen LogP) is 1.71. The summed E-state index contributed by atoms with van der Waals surface area (Å²) >= 11 is 0.